The van der Waals surface area contributed by atoms with Crippen molar-refractivity contribution < 1.29 is 4.74 Å². The van der Waals surface area contributed by atoms with Crippen molar-refractivity contribution in [3.05, 3.63) is 36.0 Å². The quantitative estimate of drug-likeness (QED) is 0.834. The number of aromatic nitrogens is 1. The summed E-state index contributed by atoms with van der Waals surface area (Å²) in [5.74, 6) is 0.818. The Hall–Kier alpha value is -1.32. The van der Waals surface area contributed by atoms with Crippen molar-refractivity contribution in [3.8, 4) is 0 Å². The van der Waals surface area contributed by atoms with E-state index in [0.717, 1.165) is 19.1 Å². The molecule has 1 aromatic carbocycles. The predicted octanol–water partition coefficient (Wildman–Crippen LogP) is 3.52. The van der Waals surface area contributed by atoms with Gasteiger partial charge in [0.15, 0.2) is 0 Å². The molecule has 3 nitrogen and oxygen atoms in total. The summed E-state index contributed by atoms with van der Waals surface area (Å²) in [6, 6.07) is 9.08. The van der Waals surface area contributed by atoms with E-state index in [1.54, 1.807) is 0 Å². The van der Waals surface area contributed by atoms with Crippen molar-refractivity contribution in [1.82, 2.24) is 9.88 Å². The van der Waals surface area contributed by atoms with Crippen LogP contribution in [0.25, 0.3) is 10.9 Å². The van der Waals surface area contributed by atoms with Crippen molar-refractivity contribution >= 4 is 10.9 Å². The number of nitrogens with zero attached hydrogens (tertiary/aromatic N) is 1. The van der Waals surface area contributed by atoms with E-state index in [-0.39, 0.29) is 0 Å². The smallest absolute Gasteiger partial charge is 0.122 e. The molecule has 0 spiro atoms. The summed E-state index contributed by atoms with van der Waals surface area (Å²) in [4.78, 5) is 0. The van der Waals surface area contributed by atoms with Gasteiger partial charge in [-0.1, -0.05) is 32.0 Å². The maximum atomic E-state index is 5.83. The number of ether oxygens (including phenoxy) is 1. The second-order valence-electron chi connectivity index (χ2n) is 6.12. The first-order valence-corrected chi connectivity index (χ1v) is 7.62. The molecule has 0 aliphatic heterocycles. The average Bonchev–Trinajstić information content (AvgIpc) is 3.19. The van der Waals surface area contributed by atoms with Crippen molar-refractivity contribution in [3.63, 3.8) is 0 Å². The second kappa shape index (κ2) is 5.98. The number of nitrogens with one attached hydrogen (secondary N) is 1. The first-order chi connectivity index (χ1) is 9.74. The molecule has 3 heteroatoms. The predicted molar refractivity (Wildman–Crippen MR) is 82.6 cm³/mol. The molecule has 0 amide bonds. The molecular weight excluding hydrogens is 248 g/mol. The van der Waals surface area contributed by atoms with Crippen LogP contribution in [0.2, 0.25) is 0 Å². The summed E-state index contributed by atoms with van der Waals surface area (Å²) in [5.41, 5.74) is 2.62. The lowest BCUT2D eigenvalue weighted by Gasteiger charge is -2.06. The van der Waals surface area contributed by atoms with E-state index in [0.29, 0.717) is 12.8 Å². The lowest BCUT2D eigenvalue weighted by atomic mass is 10.2. The highest BCUT2D eigenvalue weighted by Gasteiger charge is 2.21. The molecule has 1 aliphatic carbocycles. The molecule has 1 aliphatic rings. The normalized spacial score (nSPS) is 15.3. The molecule has 20 heavy (non-hydrogen) atoms. The monoisotopic (exact) mass is 272 g/mol. The molecule has 108 valence electrons. The molecule has 0 radical (unpaired) electrons. The fourth-order valence-corrected chi connectivity index (χ4v) is 2.49. The van der Waals surface area contributed by atoms with Gasteiger partial charge in [-0.3, -0.25) is 0 Å². The van der Waals surface area contributed by atoms with Crippen LogP contribution in [0.4, 0.5) is 0 Å². The van der Waals surface area contributed by atoms with E-state index in [1.165, 1.54) is 29.3 Å². The Morgan fingerprint density at radius 1 is 1.30 bits per heavy atom. The summed E-state index contributed by atoms with van der Waals surface area (Å²) in [6.07, 6.45) is 4.92. The number of para-hydroxylation sites is 1. The summed E-state index contributed by atoms with van der Waals surface area (Å²) in [5, 5.41) is 4.83. The maximum Gasteiger partial charge on any atom is 0.122 e. The van der Waals surface area contributed by atoms with E-state index >= 15 is 0 Å². The largest absolute Gasteiger partial charge is 0.360 e. The Labute approximate surface area is 120 Å². The van der Waals surface area contributed by atoms with E-state index < -0.39 is 0 Å². The Morgan fingerprint density at radius 2 is 2.10 bits per heavy atom. The highest BCUT2D eigenvalue weighted by Crippen LogP contribution is 2.29. The number of hydrogen-bond donors (Lipinski definition) is 1. The van der Waals surface area contributed by atoms with Crippen LogP contribution in [0, 0.1) is 5.92 Å². The van der Waals surface area contributed by atoms with Gasteiger partial charge >= 0.3 is 0 Å². The molecule has 0 atom stereocenters. The third-order valence-electron chi connectivity index (χ3n) is 3.85. The minimum Gasteiger partial charge on any atom is -0.360 e. The number of benzene rings is 1. The van der Waals surface area contributed by atoms with Gasteiger partial charge in [0.25, 0.3) is 0 Å². The van der Waals surface area contributed by atoms with Crippen LogP contribution in [0.15, 0.2) is 30.5 Å². The van der Waals surface area contributed by atoms with Crippen molar-refractivity contribution in [2.45, 2.75) is 46.0 Å². The molecule has 0 bridgehead atoms. The highest BCUT2D eigenvalue weighted by molar-refractivity contribution is 5.83. The third kappa shape index (κ3) is 3.22. The zero-order valence-electron chi connectivity index (χ0n) is 12.4. The van der Waals surface area contributed by atoms with Crippen LogP contribution in [-0.2, 0) is 18.0 Å². The molecule has 1 N–H and O–H groups in total. The SMILES string of the molecule is CC(C)NCc1cn(COCC2CC2)c2ccccc12. The molecule has 1 saturated carbocycles. The van der Waals surface area contributed by atoms with E-state index in [2.05, 4.69) is 54.2 Å². The third-order valence-corrected chi connectivity index (χ3v) is 3.85. The summed E-state index contributed by atoms with van der Waals surface area (Å²) >= 11 is 0. The number of fused-ring (bicyclic) bond motifs is 1. The highest BCUT2D eigenvalue weighted by atomic mass is 16.5. The fraction of sp³-hybridized carbons (Fsp3) is 0.529. The molecule has 3 rings (SSSR count). The lowest BCUT2D eigenvalue weighted by Crippen LogP contribution is -2.21. The van der Waals surface area contributed by atoms with Gasteiger partial charge in [-0.15, -0.1) is 0 Å². The van der Waals surface area contributed by atoms with Gasteiger partial charge in [-0.2, -0.15) is 0 Å². The Morgan fingerprint density at radius 3 is 2.85 bits per heavy atom. The standard InChI is InChI=1S/C17H24N2O/c1-13(2)18-9-15-10-19(12-20-11-14-7-8-14)17-6-4-3-5-16(15)17/h3-6,10,13-14,18H,7-9,11-12H2,1-2H3. The fourth-order valence-electron chi connectivity index (χ4n) is 2.49. The summed E-state index contributed by atoms with van der Waals surface area (Å²) in [6.45, 7) is 6.84. The molecule has 0 saturated heterocycles. The van der Waals surface area contributed by atoms with Crippen LogP contribution in [0.1, 0.15) is 32.3 Å². The molecule has 0 unspecified atom stereocenters. The molecule has 2 aromatic rings. The van der Waals surface area contributed by atoms with Gasteiger partial charge in [0.1, 0.15) is 6.73 Å². The Bertz CT molecular complexity index is 569. The topological polar surface area (TPSA) is 26.2 Å². The van der Waals surface area contributed by atoms with E-state index in [1.807, 2.05) is 0 Å². The van der Waals surface area contributed by atoms with Gasteiger partial charge in [0.2, 0.25) is 0 Å². The molecule has 1 fully saturated rings. The minimum absolute atomic E-state index is 0.503. The zero-order chi connectivity index (χ0) is 13.9. The Balaban J connectivity index is 1.75. The van der Waals surface area contributed by atoms with Crippen LogP contribution >= 0.6 is 0 Å². The average molecular weight is 272 g/mol. The first kappa shape index (κ1) is 13.7. The summed E-state index contributed by atoms with van der Waals surface area (Å²) < 4.78 is 8.06. The summed E-state index contributed by atoms with van der Waals surface area (Å²) in [7, 11) is 0. The van der Waals surface area contributed by atoms with Gasteiger partial charge in [-0.05, 0) is 30.4 Å². The van der Waals surface area contributed by atoms with Gasteiger partial charge < -0.3 is 14.6 Å². The van der Waals surface area contributed by atoms with Crippen LogP contribution in [-0.4, -0.2) is 17.2 Å². The molecular formula is C17H24N2O. The van der Waals surface area contributed by atoms with Crippen LogP contribution in [0.3, 0.4) is 0 Å². The van der Waals surface area contributed by atoms with Gasteiger partial charge in [0, 0.05) is 24.2 Å². The number of rotatable bonds is 7. The van der Waals surface area contributed by atoms with E-state index in [4.69, 9.17) is 4.74 Å². The Kier molecular flexibility index (Phi) is 4.08. The molecule has 1 heterocycles. The van der Waals surface area contributed by atoms with Crippen LogP contribution < -0.4 is 5.32 Å². The maximum absolute atomic E-state index is 5.83. The van der Waals surface area contributed by atoms with Crippen molar-refractivity contribution in [2.24, 2.45) is 5.92 Å². The lowest BCUT2D eigenvalue weighted by molar-refractivity contribution is 0.0717. The molecule has 1 aromatic heterocycles. The van der Waals surface area contributed by atoms with E-state index in [9.17, 15) is 0 Å². The minimum atomic E-state index is 0.503. The van der Waals surface area contributed by atoms with Crippen molar-refractivity contribution in [2.75, 3.05) is 6.61 Å². The van der Waals surface area contributed by atoms with Crippen molar-refractivity contribution in [1.29, 1.82) is 0 Å². The zero-order valence-corrected chi connectivity index (χ0v) is 12.4. The second-order valence-corrected chi connectivity index (χ2v) is 6.12. The number of hydrogen-bond acceptors (Lipinski definition) is 2. The van der Waals surface area contributed by atoms with Gasteiger partial charge in [0.05, 0.1) is 12.1 Å². The first-order valence-electron chi connectivity index (χ1n) is 7.62. The van der Waals surface area contributed by atoms with Gasteiger partial charge in [-0.25, -0.2) is 0 Å². The van der Waals surface area contributed by atoms with Crippen LogP contribution in [0.5, 0.6) is 0 Å².